The van der Waals surface area contributed by atoms with E-state index in [1.165, 1.54) is 5.56 Å². The molecular weight excluding hydrogens is 216 g/mol. The lowest BCUT2D eigenvalue weighted by molar-refractivity contribution is 0.304. The van der Waals surface area contributed by atoms with E-state index in [0.29, 0.717) is 12.6 Å². The molecule has 4 nitrogen and oxygen atoms in total. The molecule has 4 heteroatoms. The van der Waals surface area contributed by atoms with Crippen molar-refractivity contribution in [2.75, 3.05) is 7.05 Å². The molecule has 0 fully saturated rings. The second-order valence-electron chi connectivity index (χ2n) is 3.90. The van der Waals surface area contributed by atoms with Gasteiger partial charge in [-0.05, 0) is 31.7 Å². The fraction of sp³-hybridized carbons (Fsp3) is 0.308. The van der Waals surface area contributed by atoms with E-state index in [1.807, 2.05) is 19.2 Å². The van der Waals surface area contributed by atoms with Gasteiger partial charge in [0, 0.05) is 11.6 Å². The van der Waals surface area contributed by atoms with Gasteiger partial charge in [-0.2, -0.15) is 0 Å². The molecule has 17 heavy (non-hydrogen) atoms. The van der Waals surface area contributed by atoms with Crippen molar-refractivity contribution < 1.29 is 9.26 Å². The number of ether oxygens (including phenoxy) is 1. The van der Waals surface area contributed by atoms with E-state index in [2.05, 4.69) is 29.5 Å². The summed E-state index contributed by atoms with van der Waals surface area (Å²) in [5, 5.41) is 6.81. The Morgan fingerprint density at radius 2 is 2.12 bits per heavy atom. The van der Waals surface area contributed by atoms with Crippen LogP contribution < -0.4 is 10.1 Å². The Kier molecular flexibility index (Phi) is 3.77. The zero-order chi connectivity index (χ0) is 12.1. The Morgan fingerprint density at radius 1 is 1.35 bits per heavy atom. The number of benzene rings is 1. The maximum absolute atomic E-state index is 5.60. The maximum Gasteiger partial charge on any atom is 0.130 e. The SMILES string of the molecule is CNC(C)c1ccc(OCc2cnoc2)cc1. The number of nitrogens with zero attached hydrogens (tertiary/aromatic N) is 1. The van der Waals surface area contributed by atoms with Crippen molar-refractivity contribution in [3.05, 3.63) is 47.9 Å². The van der Waals surface area contributed by atoms with Gasteiger partial charge in [0.05, 0.1) is 6.20 Å². The molecule has 0 saturated heterocycles. The summed E-state index contributed by atoms with van der Waals surface area (Å²) in [6.07, 6.45) is 3.23. The Morgan fingerprint density at radius 3 is 2.71 bits per heavy atom. The molecule has 0 bridgehead atoms. The third kappa shape index (κ3) is 3.07. The Labute approximate surface area is 101 Å². The van der Waals surface area contributed by atoms with Crippen molar-refractivity contribution in [1.82, 2.24) is 10.5 Å². The van der Waals surface area contributed by atoms with Crippen molar-refractivity contribution in [2.45, 2.75) is 19.6 Å². The second kappa shape index (κ2) is 5.50. The van der Waals surface area contributed by atoms with E-state index in [1.54, 1.807) is 12.5 Å². The summed E-state index contributed by atoms with van der Waals surface area (Å²) in [5.74, 6) is 0.846. The van der Waals surface area contributed by atoms with E-state index in [9.17, 15) is 0 Å². The summed E-state index contributed by atoms with van der Waals surface area (Å²) < 4.78 is 10.3. The monoisotopic (exact) mass is 232 g/mol. The lowest BCUT2D eigenvalue weighted by Crippen LogP contribution is -2.11. The van der Waals surface area contributed by atoms with Gasteiger partial charge < -0.3 is 14.6 Å². The summed E-state index contributed by atoms with van der Waals surface area (Å²) in [5.41, 5.74) is 2.17. The predicted octanol–water partition coefficient (Wildman–Crippen LogP) is 2.53. The van der Waals surface area contributed by atoms with Gasteiger partial charge in [0.15, 0.2) is 0 Å². The average Bonchev–Trinajstić information content (AvgIpc) is 2.89. The lowest BCUT2D eigenvalue weighted by atomic mass is 10.1. The Bertz CT molecular complexity index is 437. The highest BCUT2D eigenvalue weighted by atomic mass is 16.5. The van der Waals surface area contributed by atoms with E-state index >= 15 is 0 Å². The quantitative estimate of drug-likeness (QED) is 0.860. The van der Waals surface area contributed by atoms with Gasteiger partial charge in [0.1, 0.15) is 18.6 Å². The van der Waals surface area contributed by atoms with Gasteiger partial charge in [0.2, 0.25) is 0 Å². The molecule has 0 aliphatic heterocycles. The Balaban J connectivity index is 1.94. The first kappa shape index (κ1) is 11.7. The molecule has 0 spiro atoms. The number of rotatable bonds is 5. The highest BCUT2D eigenvalue weighted by molar-refractivity contribution is 5.29. The van der Waals surface area contributed by atoms with Crippen LogP contribution in [-0.4, -0.2) is 12.2 Å². The van der Waals surface area contributed by atoms with E-state index in [0.717, 1.165) is 11.3 Å². The van der Waals surface area contributed by atoms with Crippen LogP contribution in [0.4, 0.5) is 0 Å². The first-order valence-electron chi connectivity index (χ1n) is 5.58. The van der Waals surface area contributed by atoms with E-state index in [4.69, 9.17) is 9.26 Å². The zero-order valence-corrected chi connectivity index (χ0v) is 10.0. The number of hydrogen-bond acceptors (Lipinski definition) is 4. The standard InChI is InChI=1S/C13H16N2O2/c1-10(14-2)12-3-5-13(6-4-12)16-8-11-7-15-17-9-11/h3-7,9-10,14H,8H2,1-2H3. The van der Waals surface area contributed by atoms with Crippen LogP contribution in [0.5, 0.6) is 5.75 Å². The minimum atomic E-state index is 0.349. The average molecular weight is 232 g/mol. The van der Waals surface area contributed by atoms with Gasteiger partial charge in [0.25, 0.3) is 0 Å². The molecule has 0 amide bonds. The number of nitrogens with one attached hydrogen (secondary N) is 1. The molecule has 1 aromatic carbocycles. The second-order valence-corrected chi connectivity index (χ2v) is 3.90. The zero-order valence-electron chi connectivity index (χ0n) is 10.0. The number of hydrogen-bond donors (Lipinski definition) is 1. The van der Waals surface area contributed by atoms with Gasteiger partial charge in [-0.15, -0.1) is 0 Å². The van der Waals surface area contributed by atoms with Crippen LogP contribution in [0, 0.1) is 0 Å². The van der Waals surface area contributed by atoms with E-state index in [-0.39, 0.29) is 0 Å². The molecule has 0 aliphatic rings. The molecule has 0 aliphatic carbocycles. The van der Waals surface area contributed by atoms with Crippen molar-refractivity contribution in [3.8, 4) is 5.75 Å². The molecule has 1 heterocycles. The minimum Gasteiger partial charge on any atom is -0.489 e. The smallest absolute Gasteiger partial charge is 0.130 e. The van der Waals surface area contributed by atoms with Crippen molar-refractivity contribution in [3.63, 3.8) is 0 Å². The first-order valence-corrected chi connectivity index (χ1v) is 5.58. The first-order chi connectivity index (χ1) is 8.29. The van der Waals surface area contributed by atoms with Crippen LogP contribution in [0.25, 0.3) is 0 Å². The van der Waals surface area contributed by atoms with Crippen molar-refractivity contribution in [2.24, 2.45) is 0 Å². The van der Waals surface area contributed by atoms with E-state index < -0.39 is 0 Å². The number of aromatic nitrogens is 1. The molecule has 2 aromatic rings. The summed E-state index contributed by atoms with van der Waals surface area (Å²) in [6.45, 7) is 2.59. The van der Waals surface area contributed by atoms with Gasteiger partial charge in [-0.3, -0.25) is 0 Å². The molecule has 0 radical (unpaired) electrons. The van der Waals surface area contributed by atoms with Crippen LogP contribution in [0.2, 0.25) is 0 Å². The molecule has 1 N–H and O–H groups in total. The third-order valence-corrected chi connectivity index (χ3v) is 2.70. The normalized spacial score (nSPS) is 12.4. The highest BCUT2D eigenvalue weighted by Gasteiger charge is 2.02. The van der Waals surface area contributed by atoms with Gasteiger partial charge >= 0.3 is 0 Å². The Hall–Kier alpha value is -1.81. The molecule has 2 rings (SSSR count). The summed E-state index contributed by atoms with van der Waals surface area (Å²) in [7, 11) is 1.95. The third-order valence-electron chi connectivity index (χ3n) is 2.70. The molecule has 1 unspecified atom stereocenters. The summed E-state index contributed by atoms with van der Waals surface area (Å²) in [4.78, 5) is 0. The van der Waals surface area contributed by atoms with Crippen molar-refractivity contribution >= 4 is 0 Å². The predicted molar refractivity (Wildman–Crippen MR) is 64.8 cm³/mol. The van der Waals surface area contributed by atoms with Crippen LogP contribution >= 0.6 is 0 Å². The lowest BCUT2D eigenvalue weighted by Gasteiger charge is -2.11. The topological polar surface area (TPSA) is 47.3 Å². The molecule has 0 saturated carbocycles. The summed E-state index contributed by atoms with van der Waals surface area (Å²) in [6, 6.07) is 8.41. The maximum atomic E-state index is 5.60. The molecular formula is C13H16N2O2. The molecule has 1 aromatic heterocycles. The minimum absolute atomic E-state index is 0.349. The fourth-order valence-corrected chi connectivity index (χ4v) is 1.48. The summed E-state index contributed by atoms with van der Waals surface area (Å²) >= 11 is 0. The van der Waals surface area contributed by atoms with Crippen LogP contribution in [-0.2, 0) is 6.61 Å². The fourth-order valence-electron chi connectivity index (χ4n) is 1.48. The van der Waals surface area contributed by atoms with Crippen LogP contribution in [0.15, 0.2) is 41.2 Å². The largest absolute Gasteiger partial charge is 0.489 e. The van der Waals surface area contributed by atoms with Gasteiger partial charge in [-0.25, -0.2) is 0 Å². The van der Waals surface area contributed by atoms with Crippen LogP contribution in [0.1, 0.15) is 24.1 Å². The van der Waals surface area contributed by atoms with Crippen molar-refractivity contribution in [1.29, 1.82) is 0 Å². The van der Waals surface area contributed by atoms with Gasteiger partial charge in [-0.1, -0.05) is 17.3 Å². The highest BCUT2D eigenvalue weighted by Crippen LogP contribution is 2.18. The molecule has 90 valence electrons. The molecule has 1 atom stereocenters. The van der Waals surface area contributed by atoms with Crippen LogP contribution in [0.3, 0.4) is 0 Å².